The van der Waals surface area contributed by atoms with Crippen LogP contribution in [0.1, 0.15) is 11.1 Å². The summed E-state index contributed by atoms with van der Waals surface area (Å²) in [4.78, 5) is 4.67. The Balaban J connectivity index is 0.00000280. The summed E-state index contributed by atoms with van der Waals surface area (Å²) in [5.74, 6) is 1.70. The number of hydrogen-bond acceptors (Lipinski definition) is 5. The normalized spacial score (nSPS) is 15.6. The maximum Gasteiger partial charge on any atom is 0.119 e. The minimum absolute atomic E-state index is 0. The largest absolute Gasteiger partial charge is 1.00 e. The molecule has 1 heterocycles. The molecule has 1 unspecified atom stereocenters. The van der Waals surface area contributed by atoms with Crippen LogP contribution >= 0.6 is 0 Å². The van der Waals surface area contributed by atoms with Gasteiger partial charge in [0, 0.05) is 38.4 Å². The first kappa shape index (κ1) is 22.3. The van der Waals surface area contributed by atoms with Crippen LogP contribution in [0.5, 0.6) is 11.5 Å². The van der Waals surface area contributed by atoms with Crippen LogP contribution in [0.3, 0.4) is 0 Å². The van der Waals surface area contributed by atoms with Crippen molar-refractivity contribution in [1.82, 2.24) is 4.90 Å². The highest BCUT2D eigenvalue weighted by atomic mass is 35.5. The highest BCUT2D eigenvalue weighted by molar-refractivity contribution is 5.49. The predicted octanol–water partition coefficient (Wildman–Crippen LogP) is -0.122. The summed E-state index contributed by atoms with van der Waals surface area (Å²) < 4.78 is 11.0. The lowest BCUT2D eigenvalue weighted by Crippen LogP contribution is -3.00. The third-order valence-corrected chi connectivity index (χ3v) is 5.20. The van der Waals surface area contributed by atoms with E-state index in [1.165, 1.54) is 16.8 Å². The summed E-state index contributed by atoms with van der Waals surface area (Å²) in [7, 11) is 1.68. The number of halogens is 1. The van der Waals surface area contributed by atoms with E-state index in [2.05, 4.69) is 41.8 Å². The maximum atomic E-state index is 10.3. The summed E-state index contributed by atoms with van der Waals surface area (Å²) >= 11 is 0. The molecule has 1 saturated heterocycles. The first-order chi connectivity index (χ1) is 13.0. The van der Waals surface area contributed by atoms with Crippen molar-refractivity contribution in [3.8, 4) is 11.5 Å². The second-order valence-electron chi connectivity index (χ2n) is 7.20. The van der Waals surface area contributed by atoms with Gasteiger partial charge in [-0.2, -0.15) is 0 Å². The summed E-state index contributed by atoms with van der Waals surface area (Å²) in [5, 5.41) is 10.3. The van der Waals surface area contributed by atoms with Gasteiger partial charge in [0.1, 0.15) is 24.2 Å². The maximum absolute atomic E-state index is 10.3. The minimum atomic E-state index is -0.487. The van der Waals surface area contributed by atoms with Crippen molar-refractivity contribution >= 4 is 5.69 Å². The van der Waals surface area contributed by atoms with Crippen molar-refractivity contribution < 1.29 is 27.0 Å². The monoisotopic (exact) mass is 405 g/mol. The van der Waals surface area contributed by atoms with Crippen LogP contribution in [0.25, 0.3) is 0 Å². The van der Waals surface area contributed by atoms with Crippen LogP contribution in [0.15, 0.2) is 42.5 Å². The molecule has 3 rings (SSSR count). The third kappa shape index (κ3) is 6.03. The quantitative estimate of drug-likeness (QED) is 0.695. The standard InChI is InChI=1S/C22H30N2O3.ClH/c1-17-4-7-22(14-18(17)2)27-16-20(25)15-23-10-12-24(13-11-23)19-5-8-21(26-3)9-6-19;/h4-9,14,20,25H,10-13,15-16H2,1-3H3;1H/p-1. The van der Waals surface area contributed by atoms with Crippen LogP contribution in [0.4, 0.5) is 5.69 Å². The highest BCUT2D eigenvalue weighted by Gasteiger charge is 2.20. The molecule has 154 valence electrons. The molecule has 1 N–H and O–H groups in total. The second kappa shape index (κ2) is 10.6. The number of hydrogen-bond donors (Lipinski definition) is 1. The fraction of sp³-hybridized carbons (Fsp3) is 0.455. The number of aryl methyl sites for hydroxylation is 2. The molecule has 0 spiro atoms. The van der Waals surface area contributed by atoms with Crippen molar-refractivity contribution in [3.05, 3.63) is 53.6 Å². The molecule has 0 aliphatic carbocycles. The number of piperazine rings is 1. The van der Waals surface area contributed by atoms with E-state index in [1.54, 1.807) is 7.11 Å². The van der Waals surface area contributed by atoms with Gasteiger partial charge in [-0.3, -0.25) is 4.90 Å². The van der Waals surface area contributed by atoms with E-state index < -0.39 is 6.10 Å². The third-order valence-electron chi connectivity index (χ3n) is 5.20. The Kier molecular flexibility index (Phi) is 8.42. The summed E-state index contributed by atoms with van der Waals surface area (Å²) in [6.07, 6.45) is -0.487. The van der Waals surface area contributed by atoms with Gasteiger partial charge in [0.2, 0.25) is 0 Å². The number of anilines is 1. The van der Waals surface area contributed by atoms with E-state index in [0.29, 0.717) is 13.2 Å². The molecule has 1 fully saturated rings. The molecule has 0 bridgehead atoms. The Bertz CT molecular complexity index is 731. The van der Waals surface area contributed by atoms with E-state index in [9.17, 15) is 5.11 Å². The SMILES string of the molecule is COc1ccc(N2CCN(CC(O)COc3ccc(C)c(C)c3)CC2)cc1.[Cl-]. The van der Waals surface area contributed by atoms with Gasteiger partial charge >= 0.3 is 0 Å². The first-order valence-corrected chi connectivity index (χ1v) is 9.54. The van der Waals surface area contributed by atoms with Crippen LogP contribution in [-0.4, -0.2) is 62.6 Å². The van der Waals surface area contributed by atoms with E-state index in [4.69, 9.17) is 9.47 Å². The molecule has 2 aromatic carbocycles. The van der Waals surface area contributed by atoms with Crippen LogP contribution in [-0.2, 0) is 0 Å². The van der Waals surface area contributed by atoms with E-state index in [-0.39, 0.29) is 12.4 Å². The Hall–Kier alpha value is -1.95. The molecule has 0 aromatic heterocycles. The molecular weight excluding hydrogens is 376 g/mol. The average molecular weight is 406 g/mol. The number of methoxy groups -OCH3 is 1. The molecule has 1 atom stereocenters. The number of β-amino-alcohol motifs (C(OH)–C–C–N with tert-alkyl or cyclic N) is 1. The van der Waals surface area contributed by atoms with E-state index in [1.807, 2.05) is 24.3 Å². The van der Waals surface area contributed by atoms with Gasteiger partial charge in [0.05, 0.1) is 7.11 Å². The summed E-state index contributed by atoms with van der Waals surface area (Å²) in [6, 6.07) is 14.2. The van der Waals surface area contributed by atoms with E-state index in [0.717, 1.165) is 37.7 Å². The molecule has 2 aromatic rings. The van der Waals surface area contributed by atoms with Gasteiger partial charge in [0.25, 0.3) is 0 Å². The minimum Gasteiger partial charge on any atom is -1.00 e. The van der Waals surface area contributed by atoms with Gasteiger partial charge in [0.15, 0.2) is 0 Å². The van der Waals surface area contributed by atoms with Crippen molar-refractivity contribution in [3.63, 3.8) is 0 Å². The Morgan fingerprint density at radius 2 is 1.57 bits per heavy atom. The molecule has 0 amide bonds. The molecule has 28 heavy (non-hydrogen) atoms. The summed E-state index contributed by atoms with van der Waals surface area (Å²) in [6.45, 7) is 8.90. The van der Waals surface area contributed by atoms with Gasteiger partial charge in [-0.05, 0) is 61.4 Å². The van der Waals surface area contributed by atoms with Gasteiger partial charge in [-0.15, -0.1) is 0 Å². The molecule has 6 heteroatoms. The topological polar surface area (TPSA) is 45.2 Å². The Morgan fingerprint density at radius 3 is 2.18 bits per heavy atom. The molecule has 5 nitrogen and oxygen atoms in total. The van der Waals surface area contributed by atoms with Crippen molar-refractivity contribution in [2.75, 3.05) is 51.3 Å². The van der Waals surface area contributed by atoms with Crippen molar-refractivity contribution in [1.29, 1.82) is 0 Å². The van der Waals surface area contributed by atoms with Crippen molar-refractivity contribution in [2.24, 2.45) is 0 Å². The number of aliphatic hydroxyl groups excluding tert-OH is 1. The smallest absolute Gasteiger partial charge is 0.119 e. The van der Waals surface area contributed by atoms with Gasteiger partial charge < -0.3 is 31.9 Å². The zero-order valence-electron chi connectivity index (χ0n) is 16.9. The summed E-state index contributed by atoms with van der Waals surface area (Å²) in [5.41, 5.74) is 3.67. The average Bonchev–Trinajstić information content (AvgIpc) is 2.69. The molecule has 1 aliphatic heterocycles. The fourth-order valence-electron chi connectivity index (χ4n) is 3.33. The first-order valence-electron chi connectivity index (χ1n) is 9.54. The number of nitrogens with zero attached hydrogens (tertiary/aromatic N) is 2. The molecule has 0 radical (unpaired) electrons. The van der Waals surface area contributed by atoms with Crippen LogP contribution in [0, 0.1) is 13.8 Å². The number of ether oxygens (including phenoxy) is 2. The molecular formula is C22H30ClN2O3-. The number of rotatable bonds is 7. The second-order valence-corrected chi connectivity index (χ2v) is 7.20. The zero-order valence-corrected chi connectivity index (χ0v) is 17.7. The van der Waals surface area contributed by atoms with Crippen molar-refractivity contribution in [2.45, 2.75) is 20.0 Å². The highest BCUT2D eigenvalue weighted by Crippen LogP contribution is 2.21. The lowest BCUT2D eigenvalue weighted by Gasteiger charge is -2.36. The van der Waals surface area contributed by atoms with Gasteiger partial charge in [-0.25, -0.2) is 0 Å². The van der Waals surface area contributed by atoms with Crippen LogP contribution < -0.4 is 26.8 Å². The lowest BCUT2D eigenvalue weighted by atomic mass is 10.1. The number of aliphatic hydroxyl groups is 1. The Labute approximate surface area is 174 Å². The fourth-order valence-corrected chi connectivity index (χ4v) is 3.33. The number of benzene rings is 2. The zero-order chi connectivity index (χ0) is 19.2. The Morgan fingerprint density at radius 1 is 0.929 bits per heavy atom. The molecule has 1 aliphatic rings. The predicted molar refractivity (Wildman–Crippen MR) is 109 cm³/mol. The van der Waals surface area contributed by atoms with E-state index >= 15 is 0 Å². The lowest BCUT2D eigenvalue weighted by molar-refractivity contribution is -0.00000819. The molecule has 0 saturated carbocycles. The van der Waals surface area contributed by atoms with Gasteiger partial charge in [-0.1, -0.05) is 6.07 Å². The van der Waals surface area contributed by atoms with Crippen LogP contribution in [0.2, 0.25) is 0 Å².